The number of carbonyl (C=O) groups excluding carboxylic acids is 1. The molecule has 2 N–H and O–H groups in total. The van der Waals surface area contributed by atoms with Gasteiger partial charge in [0, 0.05) is 28.7 Å². The quantitative estimate of drug-likeness (QED) is 0.826. The summed E-state index contributed by atoms with van der Waals surface area (Å²) in [5.74, 6) is -0.0340. The summed E-state index contributed by atoms with van der Waals surface area (Å²) in [6.07, 6.45) is 3.54. The predicted molar refractivity (Wildman–Crippen MR) is 79.5 cm³/mol. The number of rotatable bonds is 4. The standard InChI is InChI=1S/C15H17ClN2O/c1-4-7-17-14(19)15(2,3)12-9-18-13-6-5-10(16)8-11(12)13/h4-6,8-9,18H,1,7H2,2-3H3,(H,17,19). The molecule has 0 spiro atoms. The molecule has 0 saturated carbocycles. The fraction of sp³-hybridized carbons (Fsp3) is 0.267. The summed E-state index contributed by atoms with van der Waals surface area (Å²) >= 11 is 6.03. The van der Waals surface area contributed by atoms with Gasteiger partial charge in [0.1, 0.15) is 0 Å². The molecule has 19 heavy (non-hydrogen) atoms. The Morgan fingerprint density at radius 2 is 2.26 bits per heavy atom. The third kappa shape index (κ3) is 2.51. The molecule has 100 valence electrons. The lowest BCUT2D eigenvalue weighted by atomic mass is 9.83. The first-order valence-corrected chi connectivity index (χ1v) is 6.51. The van der Waals surface area contributed by atoms with Gasteiger partial charge in [-0.3, -0.25) is 4.79 Å². The van der Waals surface area contributed by atoms with Gasteiger partial charge < -0.3 is 10.3 Å². The van der Waals surface area contributed by atoms with E-state index in [1.54, 1.807) is 6.08 Å². The Hall–Kier alpha value is -1.74. The van der Waals surface area contributed by atoms with E-state index < -0.39 is 5.41 Å². The lowest BCUT2D eigenvalue weighted by Crippen LogP contribution is -2.40. The van der Waals surface area contributed by atoms with Crippen molar-refractivity contribution in [1.29, 1.82) is 0 Å². The van der Waals surface area contributed by atoms with Crippen LogP contribution < -0.4 is 5.32 Å². The molecule has 2 rings (SSSR count). The second-order valence-electron chi connectivity index (χ2n) is 5.02. The third-order valence-corrected chi connectivity index (χ3v) is 3.53. The van der Waals surface area contributed by atoms with Gasteiger partial charge in [0.25, 0.3) is 0 Å². The van der Waals surface area contributed by atoms with E-state index in [9.17, 15) is 4.79 Å². The lowest BCUT2D eigenvalue weighted by Gasteiger charge is -2.23. The first-order chi connectivity index (χ1) is 8.96. The molecule has 0 saturated heterocycles. The molecule has 0 atom stereocenters. The maximum Gasteiger partial charge on any atom is 0.230 e. The molecule has 4 heteroatoms. The van der Waals surface area contributed by atoms with Crippen LogP contribution in [0.5, 0.6) is 0 Å². The number of H-pyrrole nitrogens is 1. The van der Waals surface area contributed by atoms with Gasteiger partial charge in [-0.05, 0) is 37.6 Å². The van der Waals surface area contributed by atoms with Crippen LogP contribution >= 0.6 is 11.6 Å². The number of hydrogen-bond donors (Lipinski definition) is 2. The first kappa shape index (κ1) is 13.7. The number of benzene rings is 1. The lowest BCUT2D eigenvalue weighted by molar-refractivity contribution is -0.125. The van der Waals surface area contributed by atoms with Gasteiger partial charge in [0.15, 0.2) is 0 Å². The highest BCUT2D eigenvalue weighted by Crippen LogP contribution is 2.32. The van der Waals surface area contributed by atoms with Crippen molar-refractivity contribution in [2.45, 2.75) is 19.3 Å². The van der Waals surface area contributed by atoms with Crippen LogP contribution in [0.3, 0.4) is 0 Å². The average Bonchev–Trinajstić information content (AvgIpc) is 2.79. The van der Waals surface area contributed by atoms with Crippen molar-refractivity contribution in [2.75, 3.05) is 6.54 Å². The van der Waals surface area contributed by atoms with Gasteiger partial charge in [0.2, 0.25) is 5.91 Å². The van der Waals surface area contributed by atoms with Crippen LogP contribution in [0.2, 0.25) is 5.02 Å². The smallest absolute Gasteiger partial charge is 0.230 e. The van der Waals surface area contributed by atoms with Crippen molar-refractivity contribution in [1.82, 2.24) is 10.3 Å². The van der Waals surface area contributed by atoms with Gasteiger partial charge in [0.05, 0.1) is 5.41 Å². The Morgan fingerprint density at radius 3 is 2.95 bits per heavy atom. The molecule has 0 fully saturated rings. The summed E-state index contributed by atoms with van der Waals surface area (Å²) in [5, 5.41) is 4.48. The Kier molecular flexibility index (Phi) is 3.67. The number of hydrogen-bond acceptors (Lipinski definition) is 1. The van der Waals surface area contributed by atoms with Crippen LogP contribution in [0.1, 0.15) is 19.4 Å². The zero-order valence-corrected chi connectivity index (χ0v) is 11.8. The van der Waals surface area contributed by atoms with Crippen molar-refractivity contribution in [2.24, 2.45) is 0 Å². The summed E-state index contributed by atoms with van der Waals surface area (Å²) in [7, 11) is 0. The molecule has 1 amide bonds. The Morgan fingerprint density at radius 1 is 1.53 bits per heavy atom. The number of nitrogens with one attached hydrogen (secondary N) is 2. The van der Waals surface area contributed by atoms with Gasteiger partial charge in [-0.15, -0.1) is 6.58 Å². The molecule has 2 aromatic rings. The van der Waals surface area contributed by atoms with Gasteiger partial charge in [-0.1, -0.05) is 17.7 Å². The number of aromatic nitrogens is 1. The maximum atomic E-state index is 12.2. The third-order valence-electron chi connectivity index (χ3n) is 3.29. The molecule has 0 aliphatic carbocycles. The van der Waals surface area contributed by atoms with Crippen LogP contribution in [-0.2, 0) is 10.2 Å². The minimum absolute atomic E-state index is 0.0340. The molecule has 1 aromatic heterocycles. The monoisotopic (exact) mass is 276 g/mol. The Balaban J connectivity index is 2.44. The van der Waals surface area contributed by atoms with Crippen LogP contribution in [0, 0.1) is 0 Å². The highest BCUT2D eigenvalue weighted by Gasteiger charge is 2.31. The average molecular weight is 277 g/mol. The summed E-state index contributed by atoms with van der Waals surface area (Å²) in [6.45, 7) is 7.86. The van der Waals surface area contributed by atoms with Crippen LogP contribution in [0.15, 0.2) is 37.1 Å². The summed E-state index contributed by atoms with van der Waals surface area (Å²) < 4.78 is 0. The summed E-state index contributed by atoms with van der Waals surface area (Å²) in [4.78, 5) is 15.4. The van der Waals surface area contributed by atoms with E-state index in [0.29, 0.717) is 11.6 Å². The second kappa shape index (κ2) is 5.10. The van der Waals surface area contributed by atoms with Gasteiger partial charge >= 0.3 is 0 Å². The molecule has 1 aromatic carbocycles. The predicted octanol–water partition coefficient (Wildman–Crippen LogP) is 3.40. The van der Waals surface area contributed by atoms with E-state index in [1.165, 1.54) is 0 Å². The van der Waals surface area contributed by atoms with Crippen molar-refractivity contribution in [3.63, 3.8) is 0 Å². The van der Waals surface area contributed by atoms with E-state index in [0.717, 1.165) is 16.5 Å². The zero-order valence-electron chi connectivity index (χ0n) is 11.1. The van der Waals surface area contributed by atoms with E-state index >= 15 is 0 Å². The van der Waals surface area contributed by atoms with Gasteiger partial charge in [-0.25, -0.2) is 0 Å². The molecule has 0 radical (unpaired) electrons. The number of aromatic amines is 1. The number of amides is 1. The zero-order chi connectivity index (χ0) is 14.0. The highest BCUT2D eigenvalue weighted by atomic mass is 35.5. The number of carbonyl (C=O) groups is 1. The minimum Gasteiger partial charge on any atom is -0.361 e. The van der Waals surface area contributed by atoms with Crippen molar-refractivity contribution in [3.8, 4) is 0 Å². The van der Waals surface area contributed by atoms with Crippen molar-refractivity contribution in [3.05, 3.63) is 47.6 Å². The molecule has 1 heterocycles. The first-order valence-electron chi connectivity index (χ1n) is 6.13. The molecular formula is C15H17ClN2O. The van der Waals surface area contributed by atoms with Crippen molar-refractivity contribution < 1.29 is 4.79 Å². The molecule has 0 bridgehead atoms. The number of halogens is 1. The molecule has 3 nitrogen and oxygen atoms in total. The summed E-state index contributed by atoms with van der Waals surface area (Å²) in [6, 6.07) is 5.62. The maximum absolute atomic E-state index is 12.2. The SMILES string of the molecule is C=CCNC(=O)C(C)(C)c1c[nH]c2ccc(Cl)cc12. The Labute approximate surface area is 117 Å². The fourth-order valence-corrected chi connectivity index (χ4v) is 2.29. The van der Waals surface area contributed by atoms with E-state index in [4.69, 9.17) is 11.6 Å². The van der Waals surface area contributed by atoms with E-state index in [1.807, 2.05) is 38.2 Å². The van der Waals surface area contributed by atoms with Crippen molar-refractivity contribution >= 4 is 28.4 Å². The topological polar surface area (TPSA) is 44.9 Å². The molecule has 0 aliphatic heterocycles. The normalized spacial score (nSPS) is 11.5. The molecule has 0 aliphatic rings. The molecular weight excluding hydrogens is 260 g/mol. The second-order valence-corrected chi connectivity index (χ2v) is 5.45. The van der Waals surface area contributed by atoms with Crippen LogP contribution in [-0.4, -0.2) is 17.4 Å². The minimum atomic E-state index is -0.633. The summed E-state index contributed by atoms with van der Waals surface area (Å²) in [5.41, 5.74) is 1.28. The largest absolute Gasteiger partial charge is 0.361 e. The van der Waals surface area contributed by atoms with E-state index in [2.05, 4.69) is 16.9 Å². The van der Waals surface area contributed by atoms with Crippen LogP contribution in [0.25, 0.3) is 10.9 Å². The number of fused-ring (bicyclic) bond motifs is 1. The van der Waals surface area contributed by atoms with Gasteiger partial charge in [-0.2, -0.15) is 0 Å². The van der Waals surface area contributed by atoms with E-state index in [-0.39, 0.29) is 5.91 Å². The highest BCUT2D eigenvalue weighted by molar-refractivity contribution is 6.31. The molecule has 0 unspecified atom stereocenters. The Bertz CT molecular complexity index is 628. The fourth-order valence-electron chi connectivity index (χ4n) is 2.12. The van der Waals surface area contributed by atoms with Crippen LogP contribution in [0.4, 0.5) is 0 Å².